The Bertz CT molecular complexity index is 413. The molecule has 1 saturated carbocycles. The van der Waals surface area contributed by atoms with E-state index in [1.54, 1.807) is 0 Å². The molecular weight excluding hydrogens is 256 g/mol. The van der Waals surface area contributed by atoms with Gasteiger partial charge in [-0.25, -0.2) is 8.78 Å². The molecule has 0 aromatic heterocycles. The molecule has 1 aliphatic carbocycles. The first-order valence-electron chi connectivity index (χ1n) is 7.75. The van der Waals surface area contributed by atoms with Gasteiger partial charge in [-0.2, -0.15) is 0 Å². The fourth-order valence-corrected chi connectivity index (χ4v) is 3.63. The van der Waals surface area contributed by atoms with E-state index in [1.807, 2.05) is 7.05 Å². The largest absolute Gasteiger partial charge is 0.317 e. The van der Waals surface area contributed by atoms with Crippen molar-refractivity contribution in [1.82, 2.24) is 5.32 Å². The zero-order valence-electron chi connectivity index (χ0n) is 12.5. The van der Waals surface area contributed by atoms with Crippen LogP contribution in [0.2, 0.25) is 0 Å². The second-order valence-electron chi connectivity index (χ2n) is 6.03. The van der Waals surface area contributed by atoms with E-state index in [1.165, 1.54) is 37.5 Å². The molecule has 3 unspecified atom stereocenters. The molecule has 0 spiro atoms. The first-order valence-corrected chi connectivity index (χ1v) is 7.75. The Morgan fingerprint density at radius 2 is 1.90 bits per heavy atom. The van der Waals surface area contributed by atoms with E-state index >= 15 is 0 Å². The Balaban J connectivity index is 2.11. The first kappa shape index (κ1) is 15.4. The van der Waals surface area contributed by atoms with Crippen LogP contribution in [0.5, 0.6) is 0 Å². The molecule has 0 heterocycles. The summed E-state index contributed by atoms with van der Waals surface area (Å²) in [5, 5.41) is 3.33. The average molecular weight is 281 g/mol. The highest BCUT2D eigenvalue weighted by Gasteiger charge is 2.30. The zero-order chi connectivity index (χ0) is 14.5. The van der Waals surface area contributed by atoms with Crippen molar-refractivity contribution in [3.63, 3.8) is 0 Å². The van der Waals surface area contributed by atoms with Crippen molar-refractivity contribution in [3.8, 4) is 0 Å². The Kier molecular flexibility index (Phi) is 5.53. The van der Waals surface area contributed by atoms with Gasteiger partial charge < -0.3 is 5.32 Å². The summed E-state index contributed by atoms with van der Waals surface area (Å²) in [5.74, 6) is 0.232. The third kappa shape index (κ3) is 3.57. The van der Waals surface area contributed by atoms with Crippen molar-refractivity contribution < 1.29 is 8.78 Å². The maximum atomic E-state index is 13.8. The fraction of sp³-hybridized carbons (Fsp3) is 0.647. The van der Waals surface area contributed by atoms with Crippen molar-refractivity contribution in [3.05, 3.63) is 35.4 Å². The molecule has 1 N–H and O–H groups in total. The Morgan fingerprint density at radius 3 is 2.50 bits per heavy atom. The second-order valence-corrected chi connectivity index (χ2v) is 6.03. The zero-order valence-corrected chi connectivity index (χ0v) is 12.5. The first-order chi connectivity index (χ1) is 9.65. The lowest BCUT2D eigenvalue weighted by Crippen LogP contribution is -2.40. The molecule has 112 valence electrons. The van der Waals surface area contributed by atoms with Gasteiger partial charge in [0.15, 0.2) is 0 Å². The third-order valence-electron chi connectivity index (χ3n) is 4.69. The lowest BCUT2D eigenvalue weighted by Gasteiger charge is -2.36. The van der Waals surface area contributed by atoms with E-state index in [2.05, 4.69) is 12.2 Å². The van der Waals surface area contributed by atoms with Gasteiger partial charge in [0.1, 0.15) is 11.6 Å². The summed E-state index contributed by atoms with van der Waals surface area (Å²) in [5.41, 5.74) is 0.259. The normalized spacial score (nSPS) is 26.7. The number of rotatable bonds is 5. The minimum Gasteiger partial charge on any atom is -0.317 e. The molecule has 1 aromatic rings. The van der Waals surface area contributed by atoms with E-state index in [4.69, 9.17) is 0 Å². The molecule has 0 saturated heterocycles. The SMILES string of the molecule is CCCC1CCC(NC)C(Cc2c(F)cccc2F)C1. The topological polar surface area (TPSA) is 12.0 Å². The molecular formula is C17H25F2N. The van der Waals surface area contributed by atoms with Gasteiger partial charge >= 0.3 is 0 Å². The summed E-state index contributed by atoms with van der Waals surface area (Å²) in [6.07, 6.45) is 6.34. The smallest absolute Gasteiger partial charge is 0.129 e. The Morgan fingerprint density at radius 1 is 1.20 bits per heavy atom. The highest BCUT2D eigenvalue weighted by Crippen LogP contribution is 2.34. The van der Waals surface area contributed by atoms with E-state index in [-0.39, 0.29) is 5.56 Å². The summed E-state index contributed by atoms with van der Waals surface area (Å²) >= 11 is 0. The van der Waals surface area contributed by atoms with Crippen LogP contribution in [0.25, 0.3) is 0 Å². The molecule has 3 heteroatoms. The van der Waals surface area contributed by atoms with Crippen molar-refractivity contribution >= 4 is 0 Å². The van der Waals surface area contributed by atoms with Crippen LogP contribution in [-0.2, 0) is 6.42 Å². The molecule has 0 amide bonds. The second kappa shape index (κ2) is 7.16. The van der Waals surface area contributed by atoms with Crippen LogP contribution < -0.4 is 5.32 Å². The Hall–Kier alpha value is -0.960. The number of halogens is 2. The molecule has 20 heavy (non-hydrogen) atoms. The van der Waals surface area contributed by atoms with Gasteiger partial charge in [-0.05, 0) is 56.7 Å². The van der Waals surface area contributed by atoms with Crippen LogP contribution in [-0.4, -0.2) is 13.1 Å². The van der Waals surface area contributed by atoms with Crippen LogP contribution in [0.15, 0.2) is 18.2 Å². The van der Waals surface area contributed by atoms with Crippen molar-refractivity contribution in [2.24, 2.45) is 11.8 Å². The summed E-state index contributed by atoms with van der Waals surface area (Å²) < 4.78 is 27.6. The molecule has 1 aromatic carbocycles. The lowest BCUT2D eigenvalue weighted by atomic mass is 9.74. The van der Waals surface area contributed by atoms with Crippen LogP contribution in [0.4, 0.5) is 8.78 Å². The van der Waals surface area contributed by atoms with Gasteiger partial charge in [0.2, 0.25) is 0 Å². The van der Waals surface area contributed by atoms with Gasteiger partial charge in [0.05, 0.1) is 0 Å². The maximum Gasteiger partial charge on any atom is 0.129 e. The van der Waals surface area contributed by atoms with Crippen molar-refractivity contribution in [2.45, 2.75) is 51.5 Å². The van der Waals surface area contributed by atoms with Crippen LogP contribution in [0, 0.1) is 23.5 Å². The van der Waals surface area contributed by atoms with Gasteiger partial charge in [-0.1, -0.05) is 25.8 Å². The molecule has 2 rings (SSSR count). The van der Waals surface area contributed by atoms with E-state index in [0.717, 1.165) is 12.8 Å². The monoisotopic (exact) mass is 281 g/mol. The molecule has 0 aliphatic heterocycles. The average Bonchev–Trinajstić information content (AvgIpc) is 2.44. The van der Waals surface area contributed by atoms with Crippen molar-refractivity contribution in [2.75, 3.05) is 7.05 Å². The molecule has 3 atom stereocenters. The van der Waals surface area contributed by atoms with Crippen LogP contribution in [0.3, 0.4) is 0 Å². The van der Waals surface area contributed by atoms with Gasteiger partial charge in [0.25, 0.3) is 0 Å². The molecule has 1 aliphatic rings. The Labute approximate surface area is 120 Å². The van der Waals surface area contributed by atoms with Crippen molar-refractivity contribution in [1.29, 1.82) is 0 Å². The summed E-state index contributed by atoms with van der Waals surface area (Å²) in [4.78, 5) is 0. The van der Waals surface area contributed by atoms with Gasteiger partial charge in [0, 0.05) is 11.6 Å². The molecule has 0 radical (unpaired) electrons. The highest BCUT2D eigenvalue weighted by atomic mass is 19.1. The summed E-state index contributed by atoms with van der Waals surface area (Å²) in [6, 6.07) is 4.53. The van der Waals surface area contributed by atoms with E-state index in [9.17, 15) is 8.78 Å². The van der Waals surface area contributed by atoms with Gasteiger partial charge in [-0.15, -0.1) is 0 Å². The van der Waals surface area contributed by atoms with E-state index < -0.39 is 11.6 Å². The molecule has 0 bridgehead atoms. The number of hydrogen-bond donors (Lipinski definition) is 1. The van der Waals surface area contributed by atoms with Crippen LogP contribution >= 0.6 is 0 Å². The predicted octanol–water partition coefficient (Wildman–Crippen LogP) is 4.31. The highest BCUT2D eigenvalue weighted by molar-refractivity contribution is 5.20. The number of nitrogens with one attached hydrogen (secondary N) is 1. The standard InChI is InChI=1S/C17H25F2N/c1-3-5-12-8-9-17(20-2)13(10-12)11-14-15(18)6-4-7-16(14)19/h4,6-7,12-13,17,20H,3,5,8-11H2,1-2H3. The molecule has 1 nitrogen and oxygen atoms in total. The number of hydrogen-bond acceptors (Lipinski definition) is 1. The number of benzene rings is 1. The minimum atomic E-state index is -0.405. The predicted molar refractivity (Wildman–Crippen MR) is 78.6 cm³/mol. The van der Waals surface area contributed by atoms with Crippen LogP contribution in [0.1, 0.15) is 44.6 Å². The summed E-state index contributed by atoms with van der Waals surface area (Å²) in [6.45, 7) is 2.20. The lowest BCUT2D eigenvalue weighted by molar-refractivity contribution is 0.198. The minimum absolute atomic E-state index is 0.259. The quantitative estimate of drug-likeness (QED) is 0.848. The maximum absolute atomic E-state index is 13.8. The molecule has 1 fully saturated rings. The fourth-order valence-electron chi connectivity index (χ4n) is 3.63. The van der Waals surface area contributed by atoms with Gasteiger partial charge in [-0.3, -0.25) is 0 Å². The van der Waals surface area contributed by atoms with E-state index in [0.29, 0.717) is 24.3 Å². The third-order valence-corrected chi connectivity index (χ3v) is 4.69. The summed E-state index contributed by atoms with van der Waals surface area (Å²) in [7, 11) is 1.95.